The van der Waals surface area contributed by atoms with Crippen molar-refractivity contribution in [3.8, 4) is 0 Å². The van der Waals surface area contributed by atoms with Gasteiger partial charge in [-0.1, -0.05) is 358 Å². The summed E-state index contributed by atoms with van der Waals surface area (Å²) in [5.74, 6) is 3.82. The molecular weight excluding hydrogens is 925 g/mol. The summed E-state index contributed by atoms with van der Waals surface area (Å²) in [6.45, 7) is 55.3. The first-order valence-electron chi connectivity index (χ1n) is 34.4. The average molecular weight is 1080 g/mol. The lowest BCUT2D eigenvalue weighted by molar-refractivity contribution is 0.295. The highest BCUT2D eigenvalue weighted by atomic mass is 14.3. The van der Waals surface area contributed by atoms with Crippen LogP contribution in [-0.4, -0.2) is 0 Å². The van der Waals surface area contributed by atoms with E-state index < -0.39 is 0 Å². The molecule has 2 aliphatic carbocycles. The Morgan fingerprint density at radius 1 is 0.468 bits per heavy atom. The Bertz CT molecular complexity index is 1110. The van der Waals surface area contributed by atoms with E-state index in [-0.39, 0.29) is 0 Å². The van der Waals surface area contributed by atoms with Gasteiger partial charge in [-0.25, -0.2) is 0 Å². The molecule has 0 N–H and O–H groups in total. The average Bonchev–Trinajstić information content (AvgIpc) is 4.13. The highest BCUT2D eigenvalue weighted by Gasteiger charge is 2.23. The van der Waals surface area contributed by atoms with Crippen molar-refractivity contribution < 1.29 is 0 Å². The van der Waals surface area contributed by atoms with Crippen molar-refractivity contribution >= 4 is 0 Å². The van der Waals surface area contributed by atoms with Crippen molar-refractivity contribution in [1.29, 1.82) is 0 Å². The molecule has 77 heavy (non-hydrogen) atoms. The van der Waals surface area contributed by atoms with Crippen molar-refractivity contribution in [2.75, 3.05) is 0 Å². The maximum absolute atomic E-state index is 3.80. The molecule has 0 bridgehead atoms. The fourth-order valence-electron chi connectivity index (χ4n) is 9.29. The second-order valence-corrected chi connectivity index (χ2v) is 24.3. The van der Waals surface area contributed by atoms with Crippen molar-refractivity contribution in [2.24, 2.45) is 34.5 Å². The minimum absolute atomic E-state index is 0.416. The van der Waals surface area contributed by atoms with E-state index in [0.29, 0.717) is 10.8 Å². The van der Waals surface area contributed by atoms with E-state index in [2.05, 4.69) is 187 Å². The molecule has 2 unspecified atom stereocenters. The van der Waals surface area contributed by atoms with E-state index in [4.69, 9.17) is 0 Å². The Balaban J connectivity index is -0.000000145. The van der Waals surface area contributed by atoms with Crippen LogP contribution in [0.5, 0.6) is 0 Å². The Morgan fingerprint density at radius 3 is 1.19 bits per heavy atom. The van der Waals surface area contributed by atoms with Gasteiger partial charge in [-0.3, -0.25) is 0 Å². The summed E-state index contributed by atoms with van der Waals surface area (Å²) in [6, 6.07) is 0. The molecule has 0 aromatic rings. The molecule has 0 heterocycles. The van der Waals surface area contributed by atoms with Crippen LogP contribution in [0, 0.1) is 34.5 Å². The van der Waals surface area contributed by atoms with Crippen molar-refractivity contribution in [3.05, 3.63) is 87.1 Å². The van der Waals surface area contributed by atoms with Gasteiger partial charge < -0.3 is 0 Å². The van der Waals surface area contributed by atoms with E-state index in [9.17, 15) is 0 Å². The van der Waals surface area contributed by atoms with E-state index in [0.717, 1.165) is 42.9 Å². The molecule has 0 amide bonds. The second kappa shape index (κ2) is 78.4. The van der Waals surface area contributed by atoms with Crippen molar-refractivity contribution in [3.63, 3.8) is 0 Å². The van der Waals surface area contributed by atoms with Gasteiger partial charge in [0.15, 0.2) is 0 Å². The molecule has 0 radical (unpaired) electrons. The van der Waals surface area contributed by atoms with Crippen LogP contribution >= 0.6 is 0 Å². The molecule has 0 aromatic heterocycles. The highest BCUT2D eigenvalue weighted by molar-refractivity contribution is 5.00. The number of rotatable bonds is 36. The minimum Gasteiger partial charge on any atom is -0.103 e. The molecule has 462 valence electrons. The zero-order valence-corrected chi connectivity index (χ0v) is 57.5. The second-order valence-electron chi connectivity index (χ2n) is 24.3. The Kier molecular flexibility index (Phi) is 90.6. The maximum atomic E-state index is 3.80. The van der Waals surface area contributed by atoms with Crippen LogP contribution in [0.25, 0.3) is 0 Å². The molecule has 1 saturated carbocycles. The van der Waals surface area contributed by atoms with Crippen molar-refractivity contribution in [1.82, 2.24) is 0 Å². The quantitative estimate of drug-likeness (QED) is 0.0433. The molecule has 0 nitrogen and oxygen atoms in total. The zero-order valence-electron chi connectivity index (χ0n) is 57.5. The van der Waals surface area contributed by atoms with Crippen LogP contribution in [0.2, 0.25) is 0 Å². The van der Waals surface area contributed by atoms with Gasteiger partial charge in [0.1, 0.15) is 0 Å². The molecule has 0 aromatic carbocycles. The summed E-state index contributed by atoms with van der Waals surface area (Å²) in [5, 5.41) is 0. The largest absolute Gasteiger partial charge is 0.103 e. The van der Waals surface area contributed by atoms with Crippen LogP contribution in [0.3, 0.4) is 0 Å². The summed E-state index contributed by atoms with van der Waals surface area (Å²) in [4.78, 5) is 0. The summed E-state index contributed by atoms with van der Waals surface area (Å²) in [5.41, 5.74) is 1.05. The van der Waals surface area contributed by atoms with Crippen LogP contribution in [0.15, 0.2) is 87.1 Å². The van der Waals surface area contributed by atoms with E-state index >= 15 is 0 Å². The van der Waals surface area contributed by atoms with E-state index in [1.165, 1.54) is 231 Å². The van der Waals surface area contributed by atoms with Crippen molar-refractivity contribution in [2.45, 2.75) is 375 Å². The maximum Gasteiger partial charge on any atom is -0.0257 e. The van der Waals surface area contributed by atoms with Gasteiger partial charge in [-0.15, -0.1) is 26.3 Å². The predicted octanol–water partition coefficient (Wildman–Crippen LogP) is 29.3. The minimum atomic E-state index is 0.416. The van der Waals surface area contributed by atoms with E-state index in [1.807, 2.05) is 24.3 Å². The third kappa shape index (κ3) is 85.6. The van der Waals surface area contributed by atoms with Gasteiger partial charge >= 0.3 is 0 Å². The standard InChI is InChI=1S/C12H22.C10H18.C10H22.C10H20.2C9H18.C6H14.C6H12.C5H10/c1-5-8-11-12(4,9-6-2)10-7-3;1-3-4-7-10(2)8-5-6-9-10;2*1-4-6-8-10(3)9-7-5-2;1-2-3-6-9-7-4-5-8-9;1-4-6-8-9(3)7-5-2;2*1-3-5-6-4-2;1-3-5-4-2/h6-7H,2-3,5,8-11H2,1,4H3;5-6H,3-4,7-9H2,1-2H3;10H,4-9H2,1-3H3;4,6,10H,5,7-9H2,1-3H3;9H,2-8H2,1H3;5,9H,2,4,6-8H2,1,3H3;3-6H2,1-2H3;3,5H,4,6H2,1-2H3;3H,1,4-5H2,2H3. The number of allylic oxidation sites excluding steroid dienone is 10. The van der Waals surface area contributed by atoms with Gasteiger partial charge in [0, 0.05) is 0 Å². The van der Waals surface area contributed by atoms with Crippen LogP contribution in [0.1, 0.15) is 375 Å². The number of hydrogen-bond acceptors (Lipinski definition) is 0. The highest BCUT2D eigenvalue weighted by Crippen LogP contribution is 2.37. The fraction of sp³-hybridized carbons (Fsp3) is 0.818. The SMILES string of the molecule is C=CCC(C)(CC=C)CCCC.C=CCC(C)CCCC.C=CCCC.CC=CCC(C)CCCC.CC=CCCC.CCCCC(C)CCCC.CCCCC1(C)CC=CC1.CCCCC1CCCC1.CCCCCC. The summed E-state index contributed by atoms with van der Waals surface area (Å²) >= 11 is 0. The molecule has 2 aliphatic rings. The molecular formula is C77H154. The molecule has 0 saturated heterocycles. The Hall–Kier alpha value is -1.82. The molecule has 1 fully saturated rings. The normalized spacial score (nSPS) is 13.8. The van der Waals surface area contributed by atoms with Crippen LogP contribution in [0.4, 0.5) is 0 Å². The van der Waals surface area contributed by atoms with Crippen LogP contribution < -0.4 is 0 Å². The first-order valence-corrected chi connectivity index (χ1v) is 34.4. The monoisotopic (exact) mass is 1080 g/mol. The van der Waals surface area contributed by atoms with Gasteiger partial charge in [0.05, 0.1) is 0 Å². The molecule has 0 spiro atoms. The van der Waals surface area contributed by atoms with Gasteiger partial charge in [0.25, 0.3) is 0 Å². The first kappa shape index (κ1) is 89.0. The molecule has 0 aliphatic heterocycles. The third-order valence-electron chi connectivity index (χ3n) is 15.1. The lowest BCUT2D eigenvalue weighted by atomic mass is 9.79. The fourth-order valence-corrected chi connectivity index (χ4v) is 9.29. The topological polar surface area (TPSA) is 0 Å². The molecule has 0 heteroatoms. The van der Waals surface area contributed by atoms with Gasteiger partial charge in [-0.2, -0.15) is 0 Å². The molecule has 2 rings (SSSR count). The molecule has 2 atom stereocenters. The lowest BCUT2D eigenvalue weighted by Gasteiger charge is -2.26. The number of unbranched alkanes of at least 4 members (excludes halogenated alkanes) is 12. The zero-order chi connectivity index (χ0) is 60.0. The smallest absolute Gasteiger partial charge is 0.0257 e. The van der Waals surface area contributed by atoms with Gasteiger partial charge in [0.2, 0.25) is 0 Å². The van der Waals surface area contributed by atoms with E-state index in [1.54, 1.807) is 0 Å². The summed E-state index contributed by atoms with van der Waals surface area (Å²) < 4.78 is 0. The summed E-state index contributed by atoms with van der Waals surface area (Å²) in [7, 11) is 0. The Morgan fingerprint density at radius 2 is 0.870 bits per heavy atom. The number of hydrogen-bond donors (Lipinski definition) is 0. The Labute approximate surface area is 494 Å². The first-order chi connectivity index (χ1) is 37.0. The summed E-state index contributed by atoms with van der Waals surface area (Å²) in [6.07, 6.45) is 74.1. The van der Waals surface area contributed by atoms with Gasteiger partial charge in [-0.05, 0) is 113 Å². The lowest BCUT2D eigenvalue weighted by Crippen LogP contribution is -2.14. The third-order valence-corrected chi connectivity index (χ3v) is 15.1. The van der Waals surface area contributed by atoms with Crippen LogP contribution in [-0.2, 0) is 0 Å². The predicted molar refractivity (Wildman–Crippen MR) is 369 cm³/mol.